The van der Waals surface area contributed by atoms with Gasteiger partial charge < -0.3 is 15.3 Å². The van der Waals surface area contributed by atoms with E-state index in [1.165, 1.54) is 6.21 Å². The summed E-state index contributed by atoms with van der Waals surface area (Å²) in [5.41, 5.74) is 4.07. The van der Waals surface area contributed by atoms with Crippen LogP contribution in [0.5, 0.6) is 0 Å². The van der Waals surface area contributed by atoms with Crippen molar-refractivity contribution in [3.63, 3.8) is 0 Å². The largest absolute Gasteiger partial charge is 0.383 e. The molecule has 0 aliphatic carbocycles. The van der Waals surface area contributed by atoms with Crippen molar-refractivity contribution >= 4 is 28.2 Å². The highest BCUT2D eigenvalue weighted by Gasteiger charge is 2.11. The van der Waals surface area contributed by atoms with E-state index >= 15 is 0 Å². The Balaban J connectivity index is 2.09. The van der Waals surface area contributed by atoms with Crippen molar-refractivity contribution in [1.82, 2.24) is 19.9 Å². The highest BCUT2D eigenvalue weighted by Crippen LogP contribution is 2.24. The van der Waals surface area contributed by atoms with E-state index in [0.29, 0.717) is 12.1 Å². The van der Waals surface area contributed by atoms with Crippen LogP contribution in [0.3, 0.4) is 0 Å². The van der Waals surface area contributed by atoms with Crippen LogP contribution in [-0.4, -0.2) is 20.7 Å². The Morgan fingerprint density at radius 3 is 3.00 bits per heavy atom. The summed E-state index contributed by atoms with van der Waals surface area (Å²) in [6.07, 6.45) is 4.84. The fourth-order valence-electron chi connectivity index (χ4n) is 2.52. The Hall–Kier alpha value is -3.20. The van der Waals surface area contributed by atoms with Gasteiger partial charge in [0.15, 0.2) is 0 Å². The molecule has 0 saturated heterocycles. The maximum Gasteiger partial charge on any atom is 0.129 e. The fourth-order valence-corrected chi connectivity index (χ4v) is 2.52. The summed E-state index contributed by atoms with van der Waals surface area (Å²) in [6, 6.07) is 7.64. The van der Waals surface area contributed by atoms with Crippen molar-refractivity contribution in [2.45, 2.75) is 13.5 Å². The molecule has 0 atom stereocenters. The molecule has 114 valence electrons. The number of aryl methyl sites for hydroxylation is 1. The molecule has 0 aliphatic heterocycles. The van der Waals surface area contributed by atoms with Gasteiger partial charge in [0.1, 0.15) is 11.3 Å². The maximum absolute atomic E-state index is 9.11. The number of allylic oxidation sites excluding steroid dienone is 1. The first-order valence-electron chi connectivity index (χ1n) is 7.19. The quantitative estimate of drug-likeness (QED) is 0.725. The molecule has 0 saturated carbocycles. The highest BCUT2D eigenvalue weighted by molar-refractivity contribution is 6.02. The highest BCUT2D eigenvalue weighted by atomic mass is 15.1. The molecule has 0 unspecified atom stereocenters. The number of imidazole rings is 1. The molecule has 3 rings (SSSR count). The second-order valence-electron chi connectivity index (χ2n) is 5.34. The Labute approximate surface area is 133 Å². The summed E-state index contributed by atoms with van der Waals surface area (Å²) in [7, 11) is 1.96. The molecular formula is C17H16N6. The minimum Gasteiger partial charge on any atom is -0.383 e. The second kappa shape index (κ2) is 5.89. The molecule has 1 aromatic carbocycles. The third-order valence-electron chi connectivity index (χ3n) is 3.74. The first kappa shape index (κ1) is 14.7. The minimum absolute atomic E-state index is 0.551. The van der Waals surface area contributed by atoms with Crippen molar-refractivity contribution < 1.29 is 0 Å². The number of nitriles is 1. The average molecular weight is 304 g/mol. The van der Waals surface area contributed by atoms with Crippen LogP contribution < -0.4 is 5.32 Å². The Morgan fingerprint density at radius 1 is 1.43 bits per heavy atom. The van der Waals surface area contributed by atoms with Crippen LogP contribution in [0.25, 0.3) is 21.9 Å². The summed E-state index contributed by atoms with van der Waals surface area (Å²) in [5.74, 6) is 0.866. The molecular weight excluding hydrogens is 288 g/mol. The number of hydrogen-bond donors (Lipinski definition) is 2. The molecule has 2 aromatic heterocycles. The zero-order valence-corrected chi connectivity index (χ0v) is 13.0. The van der Waals surface area contributed by atoms with Crippen molar-refractivity contribution in [2.24, 2.45) is 7.05 Å². The molecule has 0 amide bonds. The monoisotopic (exact) mass is 304 g/mol. The minimum atomic E-state index is 0.551. The summed E-state index contributed by atoms with van der Waals surface area (Å²) < 4.78 is 2.01. The Kier molecular flexibility index (Phi) is 3.77. The lowest BCUT2D eigenvalue weighted by Gasteiger charge is -2.05. The van der Waals surface area contributed by atoms with E-state index in [1.807, 2.05) is 30.7 Å². The summed E-state index contributed by atoms with van der Waals surface area (Å²) in [5, 5.41) is 20.3. The van der Waals surface area contributed by atoms with E-state index in [4.69, 9.17) is 10.7 Å². The van der Waals surface area contributed by atoms with Gasteiger partial charge in [-0.1, -0.05) is 0 Å². The molecule has 0 spiro atoms. The molecule has 2 N–H and O–H groups in total. The van der Waals surface area contributed by atoms with Gasteiger partial charge in [-0.15, -0.1) is 0 Å². The van der Waals surface area contributed by atoms with Gasteiger partial charge in [0.05, 0.1) is 35.4 Å². The lowest BCUT2D eigenvalue weighted by atomic mass is 10.1. The Morgan fingerprint density at radius 2 is 2.26 bits per heavy atom. The van der Waals surface area contributed by atoms with Gasteiger partial charge in [0.2, 0.25) is 0 Å². The molecule has 6 heteroatoms. The molecule has 0 fully saturated rings. The number of hydrogen-bond acceptors (Lipinski definition) is 5. The Bertz CT molecular complexity index is 974. The van der Waals surface area contributed by atoms with E-state index in [0.717, 1.165) is 33.3 Å². The topological polar surface area (TPSA) is 90.4 Å². The number of aromatic nitrogens is 3. The van der Waals surface area contributed by atoms with Crippen LogP contribution in [0.4, 0.5) is 0 Å². The van der Waals surface area contributed by atoms with Gasteiger partial charge in [-0.3, -0.25) is 4.98 Å². The predicted molar refractivity (Wildman–Crippen MR) is 90.1 cm³/mol. The second-order valence-corrected chi connectivity index (χ2v) is 5.34. The van der Waals surface area contributed by atoms with Gasteiger partial charge in [0, 0.05) is 24.8 Å². The summed E-state index contributed by atoms with van der Waals surface area (Å²) in [4.78, 5) is 9.02. The number of rotatable bonds is 4. The molecule has 0 bridgehead atoms. The molecule has 3 aromatic rings. The van der Waals surface area contributed by atoms with Crippen molar-refractivity contribution in [3.05, 3.63) is 47.6 Å². The van der Waals surface area contributed by atoms with Crippen molar-refractivity contribution in [2.75, 3.05) is 0 Å². The van der Waals surface area contributed by atoms with E-state index < -0.39 is 0 Å². The predicted octanol–water partition coefficient (Wildman–Crippen LogP) is 2.64. The number of pyridine rings is 1. The van der Waals surface area contributed by atoms with Crippen LogP contribution in [0, 0.1) is 16.7 Å². The van der Waals surface area contributed by atoms with E-state index in [2.05, 4.69) is 21.4 Å². The lowest BCUT2D eigenvalue weighted by molar-refractivity contribution is 0.744. The van der Waals surface area contributed by atoms with Gasteiger partial charge in [-0.25, -0.2) is 4.98 Å². The van der Waals surface area contributed by atoms with Crippen molar-refractivity contribution in [3.8, 4) is 6.07 Å². The van der Waals surface area contributed by atoms with E-state index in [1.54, 1.807) is 18.5 Å². The molecule has 2 heterocycles. The zero-order chi connectivity index (χ0) is 16.4. The number of nitrogens with one attached hydrogen (secondary N) is 2. The van der Waals surface area contributed by atoms with Crippen molar-refractivity contribution in [1.29, 1.82) is 10.7 Å². The standard InChI is InChI=1S/C17H16N6/c1-11(6-18)8-20-10-16-22-15-9-21-14-4-3-12(7-19)5-13(14)17(15)23(16)2/h3-6,8-9,18,20H,10H2,1-2H3/b11-8-,18-6?. The molecule has 0 aliphatic rings. The normalized spacial score (nSPS) is 11.6. The maximum atomic E-state index is 9.11. The number of fused-ring (bicyclic) bond motifs is 3. The first-order chi connectivity index (χ1) is 11.1. The van der Waals surface area contributed by atoms with Crippen LogP contribution in [0.15, 0.2) is 36.2 Å². The zero-order valence-electron chi connectivity index (χ0n) is 13.0. The summed E-state index contributed by atoms with van der Waals surface area (Å²) >= 11 is 0. The van der Waals surface area contributed by atoms with Crippen LogP contribution in [0.2, 0.25) is 0 Å². The number of benzene rings is 1. The average Bonchev–Trinajstić information content (AvgIpc) is 2.90. The van der Waals surface area contributed by atoms with Gasteiger partial charge in [-0.2, -0.15) is 5.26 Å². The van der Waals surface area contributed by atoms with Crippen LogP contribution in [-0.2, 0) is 13.6 Å². The molecule has 0 radical (unpaired) electrons. The van der Waals surface area contributed by atoms with Gasteiger partial charge >= 0.3 is 0 Å². The fraction of sp³-hybridized carbons (Fsp3) is 0.176. The molecule has 23 heavy (non-hydrogen) atoms. The van der Waals surface area contributed by atoms with Crippen LogP contribution >= 0.6 is 0 Å². The summed E-state index contributed by atoms with van der Waals surface area (Å²) in [6.45, 7) is 2.41. The van der Waals surface area contributed by atoms with Crippen LogP contribution in [0.1, 0.15) is 18.3 Å². The third kappa shape index (κ3) is 2.64. The van der Waals surface area contributed by atoms with E-state index in [9.17, 15) is 0 Å². The van der Waals surface area contributed by atoms with E-state index in [-0.39, 0.29) is 0 Å². The first-order valence-corrected chi connectivity index (χ1v) is 7.19. The lowest BCUT2D eigenvalue weighted by Crippen LogP contribution is -2.10. The van der Waals surface area contributed by atoms with Gasteiger partial charge in [-0.05, 0) is 30.7 Å². The smallest absolute Gasteiger partial charge is 0.129 e. The number of nitrogens with zero attached hydrogens (tertiary/aromatic N) is 4. The molecule has 6 nitrogen and oxygen atoms in total. The van der Waals surface area contributed by atoms with Gasteiger partial charge in [0.25, 0.3) is 0 Å². The third-order valence-corrected chi connectivity index (χ3v) is 3.74. The SMILES string of the molecule is C/C(C=N)=C/NCc1nc2cnc3ccc(C#N)cc3c2n1C.